The van der Waals surface area contributed by atoms with Gasteiger partial charge in [-0.1, -0.05) is 29.8 Å². The van der Waals surface area contributed by atoms with Gasteiger partial charge in [0.05, 0.1) is 24.9 Å². The van der Waals surface area contributed by atoms with Crippen molar-refractivity contribution in [2.24, 2.45) is 4.99 Å². The quantitative estimate of drug-likeness (QED) is 0.784. The number of benzene rings is 2. The summed E-state index contributed by atoms with van der Waals surface area (Å²) in [6.07, 6.45) is 1.67. The molecule has 0 fully saturated rings. The first-order chi connectivity index (χ1) is 11.1. The van der Waals surface area contributed by atoms with Gasteiger partial charge in [0, 0.05) is 16.1 Å². The fourth-order valence-corrected chi connectivity index (χ4v) is 2.73. The zero-order valence-electron chi connectivity index (χ0n) is 12.3. The maximum absolute atomic E-state index is 14.2. The van der Waals surface area contributed by atoms with E-state index in [1.54, 1.807) is 42.5 Å². The van der Waals surface area contributed by atoms with Crippen LogP contribution in [0.2, 0.25) is 5.02 Å². The zero-order valence-corrected chi connectivity index (χ0v) is 13.1. The first-order valence-electron chi connectivity index (χ1n) is 7.00. The zero-order chi connectivity index (χ0) is 16.4. The number of nitrogens with zero attached hydrogens (tertiary/aromatic N) is 1. The van der Waals surface area contributed by atoms with E-state index in [0.29, 0.717) is 33.0 Å². The number of carbonyl (C=O) groups excluding carboxylic acids is 1. The minimum atomic E-state index is -0.460. The van der Waals surface area contributed by atoms with E-state index in [1.165, 1.54) is 13.2 Å². The number of aliphatic imine (C=N–C) groups is 1. The Hall–Kier alpha value is -2.46. The summed E-state index contributed by atoms with van der Waals surface area (Å²) >= 11 is 6.10. The maximum atomic E-state index is 14.2. The molecule has 0 bridgehead atoms. The Morgan fingerprint density at radius 3 is 2.70 bits per heavy atom. The Bertz CT molecular complexity index is 843. The summed E-state index contributed by atoms with van der Waals surface area (Å²) in [6, 6.07) is 11.5. The molecule has 0 atom stereocenters. The summed E-state index contributed by atoms with van der Waals surface area (Å²) in [5.74, 6) is -0.836. The Morgan fingerprint density at radius 2 is 1.96 bits per heavy atom. The average Bonchev–Trinajstić information content (AvgIpc) is 2.74. The molecular weight excluding hydrogens is 317 g/mol. The van der Waals surface area contributed by atoms with Crippen molar-refractivity contribution in [1.29, 1.82) is 0 Å². The van der Waals surface area contributed by atoms with Gasteiger partial charge in [-0.15, -0.1) is 0 Å². The molecule has 1 heterocycles. The highest BCUT2D eigenvalue weighted by molar-refractivity contribution is 6.32. The fraction of sp³-hybridized carbons (Fsp3) is 0.111. The highest BCUT2D eigenvalue weighted by Gasteiger charge is 2.23. The molecule has 2 aromatic carbocycles. The number of fused-ring (bicyclic) bond motifs is 1. The monoisotopic (exact) mass is 329 g/mol. The molecule has 0 saturated carbocycles. The summed E-state index contributed by atoms with van der Waals surface area (Å²) in [5, 5.41) is 0.485. The summed E-state index contributed by atoms with van der Waals surface area (Å²) in [7, 11) is 1.32. The van der Waals surface area contributed by atoms with Gasteiger partial charge in [0.2, 0.25) is 0 Å². The van der Waals surface area contributed by atoms with Crippen molar-refractivity contribution in [3.63, 3.8) is 0 Å². The van der Waals surface area contributed by atoms with Gasteiger partial charge in [-0.2, -0.15) is 0 Å². The largest absolute Gasteiger partial charge is 0.465 e. The number of hydrogen-bond donors (Lipinski definition) is 0. The second-order valence-electron chi connectivity index (χ2n) is 4.97. The summed E-state index contributed by atoms with van der Waals surface area (Å²) < 4.78 is 19.0. The number of carbonyl (C=O) groups is 1. The predicted molar refractivity (Wildman–Crippen MR) is 88.4 cm³/mol. The van der Waals surface area contributed by atoms with Crippen LogP contribution in [0.25, 0.3) is 5.57 Å². The van der Waals surface area contributed by atoms with E-state index >= 15 is 0 Å². The van der Waals surface area contributed by atoms with Gasteiger partial charge in [0.15, 0.2) is 0 Å². The van der Waals surface area contributed by atoms with E-state index in [-0.39, 0.29) is 12.4 Å². The van der Waals surface area contributed by atoms with Gasteiger partial charge >= 0.3 is 5.97 Å². The first kappa shape index (κ1) is 15.4. The van der Waals surface area contributed by atoms with Crippen molar-refractivity contribution in [3.8, 4) is 0 Å². The number of ether oxygens (including phenoxy) is 1. The van der Waals surface area contributed by atoms with E-state index in [9.17, 15) is 9.18 Å². The van der Waals surface area contributed by atoms with Gasteiger partial charge < -0.3 is 4.74 Å². The number of halogens is 2. The van der Waals surface area contributed by atoms with Gasteiger partial charge in [0.1, 0.15) is 5.82 Å². The van der Waals surface area contributed by atoms with Crippen LogP contribution in [-0.2, 0) is 9.53 Å². The Kier molecular flexibility index (Phi) is 4.26. The molecule has 2 aromatic rings. The van der Waals surface area contributed by atoms with E-state index in [2.05, 4.69) is 4.99 Å². The van der Waals surface area contributed by atoms with Gasteiger partial charge in [0.25, 0.3) is 0 Å². The van der Waals surface area contributed by atoms with Crippen molar-refractivity contribution in [1.82, 2.24) is 0 Å². The van der Waals surface area contributed by atoms with Crippen LogP contribution in [0.3, 0.4) is 0 Å². The molecule has 3 nitrogen and oxygen atoms in total. The van der Waals surface area contributed by atoms with E-state index < -0.39 is 5.97 Å². The molecule has 1 aliphatic heterocycles. The molecule has 0 aliphatic carbocycles. The number of methoxy groups -OCH3 is 1. The third-order valence-corrected chi connectivity index (χ3v) is 3.84. The molecule has 23 heavy (non-hydrogen) atoms. The average molecular weight is 330 g/mol. The normalized spacial score (nSPS) is 13.5. The summed E-state index contributed by atoms with van der Waals surface area (Å²) in [6.45, 7) is 0.250. The van der Waals surface area contributed by atoms with Crippen molar-refractivity contribution < 1.29 is 13.9 Å². The fourth-order valence-electron chi connectivity index (χ4n) is 2.56. The third kappa shape index (κ3) is 2.90. The molecule has 0 amide bonds. The minimum absolute atomic E-state index is 0.250. The number of hydrogen-bond acceptors (Lipinski definition) is 3. The highest BCUT2D eigenvalue weighted by Crippen LogP contribution is 2.29. The van der Waals surface area contributed by atoms with Crippen LogP contribution in [0.1, 0.15) is 16.7 Å². The van der Waals surface area contributed by atoms with E-state index in [0.717, 1.165) is 0 Å². The first-order valence-corrected chi connectivity index (χ1v) is 7.37. The molecule has 0 unspecified atom stereocenters. The molecular formula is C18H13ClFNO2. The molecule has 0 aromatic heterocycles. The summed E-state index contributed by atoms with van der Waals surface area (Å²) in [5.41, 5.74) is 2.47. The van der Waals surface area contributed by atoms with Crippen LogP contribution in [0.5, 0.6) is 0 Å². The lowest BCUT2D eigenvalue weighted by Gasteiger charge is -2.13. The van der Waals surface area contributed by atoms with Crippen molar-refractivity contribution in [2.75, 3.05) is 13.7 Å². The van der Waals surface area contributed by atoms with E-state index in [1.807, 2.05) is 0 Å². The van der Waals surface area contributed by atoms with Crippen molar-refractivity contribution in [2.45, 2.75) is 0 Å². The molecule has 3 rings (SSSR count). The van der Waals surface area contributed by atoms with Gasteiger partial charge in [-0.25, -0.2) is 9.18 Å². The highest BCUT2D eigenvalue weighted by atomic mass is 35.5. The Morgan fingerprint density at radius 1 is 1.17 bits per heavy atom. The van der Waals surface area contributed by atoms with Crippen LogP contribution in [-0.4, -0.2) is 25.3 Å². The maximum Gasteiger partial charge on any atom is 0.338 e. The topological polar surface area (TPSA) is 38.7 Å². The molecule has 0 spiro atoms. The van der Waals surface area contributed by atoms with Crippen LogP contribution >= 0.6 is 11.6 Å². The lowest BCUT2D eigenvalue weighted by atomic mass is 9.93. The Balaban J connectivity index is 2.22. The molecule has 0 saturated heterocycles. The van der Waals surface area contributed by atoms with E-state index in [4.69, 9.17) is 16.3 Å². The third-order valence-electron chi connectivity index (χ3n) is 3.61. The molecule has 0 radical (unpaired) electrons. The van der Waals surface area contributed by atoms with Crippen molar-refractivity contribution in [3.05, 3.63) is 76.1 Å². The molecule has 116 valence electrons. The molecule has 5 heteroatoms. The second-order valence-corrected chi connectivity index (χ2v) is 5.40. The van der Waals surface area contributed by atoms with Crippen LogP contribution in [0.15, 0.2) is 53.5 Å². The van der Waals surface area contributed by atoms with Gasteiger partial charge in [-0.05, 0) is 35.9 Å². The smallest absolute Gasteiger partial charge is 0.338 e. The molecule has 1 aliphatic rings. The number of rotatable bonds is 2. The van der Waals surface area contributed by atoms with Crippen molar-refractivity contribution >= 4 is 28.9 Å². The molecule has 0 N–H and O–H groups in total. The Labute approximate surface area is 138 Å². The summed E-state index contributed by atoms with van der Waals surface area (Å²) in [4.78, 5) is 16.5. The lowest BCUT2D eigenvalue weighted by molar-refractivity contribution is -0.133. The predicted octanol–water partition coefficient (Wildman–Crippen LogP) is 3.89. The standard InChI is InChI=1S/C18H13ClFNO2/c1-23-18(22)13-8-9-21-17(14-4-2-3-5-16(14)20)15-10-11(19)6-7-12(13)15/h2-8,10H,9H2,1H3. The minimum Gasteiger partial charge on any atom is -0.465 e. The van der Waals surface area contributed by atoms with Crippen LogP contribution in [0.4, 0.5) is 4.39 Å². The second kappa shape index (κ2) is 6.34. The van der Waals surface area contributed by atoms with Gasteiger partial charge in [-0.3, -0.25) is 4.99 Å². The number of esters is 1. The lowest BCUT2D eigenvalue weighted by Crippen LogP contribution is -2.11. The van der Waals surface area contributed by atoms with Crippen LogP contribution in [0, 0.1) is 5.82 Å². The van der Waals surface area contributed by atoms with Crippen LogP contribution < -0.4 is 0 Å². The SMILES string of the molecule is COC(=O)C1=CCN=C(c2ccccc2F)c2cc(Cl)ccc21.